The first-order valence-corrected chi connectivity index (χ1v) is 10.2. The normalized spacial score (nSPS) is 25.0. The molecule has 4 heteroatoms. The first kappa shape index (κ1) is 21.1. The van der Waals surface area contributed by atoms with Crippen LogP contribution in [0.2, 0.25) is 0 Å². The lowest BCUT2D eigenvalue weighted by molar-refractivity contribution is -0.912. The van der Waals surface area contributed by atoms with Gasteiger partial charge in [0.05, 0.1) is 19.4 Å². The van der Waals surface area contributed by atoms with E-state index >= 15 is 0 Å². The van der Waals surface area contributed by atoms with Crippen LogP contribution in [0.4, 0.5) is 0 Å². The number of benzene rings is 2. The summed E-state index contributed by atoms with van der Waals surface area (Å²) < 4.78 is 7.49. The number of hydrogen-bond acceptors (Lipinski definition) is 2. The van der Waals surface area contributed by atoms with E-state index in [-0.39, 0.29) is 17.0 Å². The van der Waals surface area contributed by atoms with Gasteiger partial charge in [-0.05, 0) is 11.6 Å². The molecule has 1 saturated heterocycles. The Morgan fingerprint density at radius 1 is 1.00 bits per heavy atom. The molecule has 4 rings (SSSR count). The number of ether oxygens (including phenoxy) is 1. The van der Waals surface area contributed by atoms with Crippen molar-refractivity contribution < 1.29 is 26.2 Å². The quantitative estimate of drug-likeness (QED) is 0.623. The maximum Gasteiger partial charge on any atom is 0.152 e. The molecule has 0 saturated carbocycles. The van der Waals surface area contributed by atoms with Gasteiger partial charge in [-0.2, -0.15) is 0 Å². The highest BCUT2D eigenvalue weighted by atomic mass is 79.9. The monoisotopic (exact) mass is 442 g/mol. The SMILES string of the molecule is C[N+]1(Cc2ccccc2)CCC(OC2=CCN(Cc3ccccc3)CC2)C1.[Br-]. The highest BCUT2D eigenvalue weighted by molar-refractivity contribution is 5.15. The van der Waals surface area contributed by atoms with Crippen LogP contribution in [0.5, 0.6) is 0 Å². The summed E-state index contributed by atoms with van der Waals surface area (Å²) in [5, 5.41) is 0. The Balaban J connectivity index is 0.00000225. The van der Waals surface area contributed by atoms with Gasteiger partial charge in [0.1, 0.15) is 13.1 Å². The van der Waals surface area contributed by atoms with Crippen LogP contribution in [0.25, 0.3) is 0 Å². The van der Waals surface area contributed by atoms with Gasteiger partial charge in [0.25, 0.3) is 0 Å². The summed E-state index contributed by atoms with van der Waals surface area (Å²) in [5.41, 5.74) is 2.81. The highest BCUT2D eigenvalue weighted by Crippen LogP contribution is 2.26. The fourth-order valence-electron chi connectivity index (χ4n) is 4.39. The van der Waals surface area contributed by atoms with Gasteiger partial charge >= 0.3 is 0 Å². The van der Waals surface area contributed by atoms with Crippen LogP contribution in [-0.2, 0) is 17.8 Å². The number of halogens is 1. The minimum atomic E-state index is 0. The average Bonchev–Trinajstić information content (AvgIpc) is 3.05. The van der Waals surface area contributed by atoms with Crippen LogP contribution in [0.3, 0.4) is 0 Å². The molecule has 150 valence electrons. The number of nitrogens with zero attached hydrogens (tertiary/aromatic N) is 2. The summed E-state index contributed by atoms with van der Waals surface area (Å²) >= 11 is 0. The summed E-state index contributed by atoms with van der Waals surface area (Å²) in [5.74, 6) is 1.21. The Labute approximate surface area is 180 Å². The van der Waals surface area contributed by atoms with Gasteiger partial charge < -0.3 is 26.2 Å². The fraction of sp³-hybridized carbons (Fsp3) is 0.417. The van der Waals surface area contributed by atoms with E-state index in [2.05, 4.69) is 78.7 Å². The van der Waals surface area contributed by atoms with E-state index in [0.717, 1.165) is 50.0 Å². The van der Waals surface area contributed by atoms with E-state index in [1.54, 1.807) is 0 Å². The summed E-state index contributed by atoms with van der Waals surface area (Å²) in [4.78, 5) is 2.49. The molecule has 2 unspecified atom stereocenters. The first-order chi connectivity index (χ1) is 13.2. The first-order valence-electron chi connectivity index (χ1n) is 10.2. The molecule has 28 heavy (non-hydrogen) atoms. The Morgan fingerprint density at radius 2 is 1.68 bits per heavy atom. The zero-order valence-corrected chi connectivity index (χ0v) is 18.4. The van der Waals surface area contributed by atoms with Crippen LogP contribution in [0.15, 0.2) is 72.5 Å². The lowest BCUT2D eigenvalue weighted by atomic mass is 10.1. The van der Waals surface area contributed by atoms with E-state index in [0.29, 0.717) is 6.10 Å². The Morgan fingerprint density at radius 3 is 2.32 bits per heavy atom. The van der Waals surface area contributed by atoms with Gasteiger partial charge in [-0.3, -0.25) is 4.90 Å². The van der Waals surface area contributed by atoms with Crippen molar-refractivity contribution >= 4 is 0 Å². The molecule has 2 aromatic rings. The number of quaternary nitrogens is 1. The zero-order chi connectivity index (χ0) is 18.5. The van der Waals surface area contributed by atoms with E-state index in [9.17, 15) is 0 Å². The smallest absolute Gasteiger partial charge is 0.152 e. The molecule has 3 nitrogen and oxygen atoms in total. The van der Waals surface area contributed by atoms with Crippen molar-refractivity contribution in [2.45, 2.75) is 32.0 Å². The Hall–Kier alpha value is -1.62. The number of likely N-dealkylation sites (N-methyl/N-ethyl adjacent to an activating group) is 1. The van der Waals surface area contributed by atoms with Crippen LogP contribution in [0, 0.1) is 0 Å². The molecule has 0 amide bonds. The highest BCUT2D eigenvalue weighted by Gasteiger charge is 2.36. The molecule has 2 heterocycles. The third kappa shape index (κ3) is 5.69. The lowest BCUT2D eigenvalue weighted by Gasteiger charge is -2.30. The lowest BCUT2D eigenvalue weighted by Crippen LogP contribution is -3.00. The van der Waals surface area contributed by atoms with Crippen LogP contribution < -0.4 is 17.0 Å². The van der Waals surface area contributed by atoms with Crippen molar-refractivity contribution in [2.75, 3.05) is 33.2 Å². The summed E-state index contributed by atoms with van der Waals surface area (Å²) in [7, 11) is 2.37. The summed E-state index contributed by atoms with van der Waals surface area (Å²) in [6.07, 6.45) is 4.86. The van der Waals surface area contributed by atoms with Crippen molar-refractivity contribution in [3.8, 4) is 0 Å². The molecule has 0 spiro atoms. The molecule has 0 radical (unpaired) electrons. The van der Waals surface area contributed by atoms with Gasteiger partial charge in [-0.15, -0.1) is 0 Å². The van der Waals surface area contributed by atoms with Gasteiger partial charge in [0.15, 0.2) is 6.10 Å². The largest absolute Gasteiger partial charge is 1.00 e. The molecular formula is C24H31BrN2O. The topological polar surface area (TPSA) is 12.5 Å². The molecule has 0 aromatic heterocycles. The molecule has 2 aliphatic heterocycles. The van der Waals surface area contributed by atoms with Gasteiger partial charge in [-0.25, -0.2) is 0 Å². The number of hydrogen-bond donors (Lipinski definition) is 0. The maximum atomic E-state index is 6.40. The molecular weight excluding hydrogens is 412 g/mol. The minimum Gasteiger partial charge on any atom is -1.00 e. The number of likely N-dealkylation sites (tertiary alicyclic amines) is 1. The fourth-order valence-corrected chi connectivity index (χ4v) is 4.39. The average molecular weight is 443 g/mol. The molecule has 0 bridgehead atoms. The van der Waals surface area contributed by atoms with Crippen molar-refractivity contribution in [3.05, 3.63) is 83.6 Å². The molecule has 0 N–H and O–H groups in total. The minimum absolute atomic E-state index is 0. The second-order valence-electron chi connectivity index (χ2n) is 8.34. The van der Waals surface area contributed by atoms with Crippen molar-refractivity contribution in [1.29, 1.82) is 0 Å². The van der Waals surface area contributed by atoms with E-state index < -0.39 is 0 Å². The Kier molecular flexibility index (Phi) is 7.33. The molecule has 2 atom stereocenters. The van der Waals surface area contributed by atoms with E-state index in [1.807, 2.05) is 0 Å². The third-order valence-corrected chi connectivity index (χ3v) is 5.86. The van der Waals surface area contributed by atoms with Gasteiger partial charge in [0, 0.05) is 38.0 Å². The van der Waals surface area contributed by atoms with E-state index in [4.69, 9.17) is 4.74 Å². The van der Waals surface area contributed by atoms with Crippen molar-refractivity contribution in [2.24, 2.45) is 0 Å². The summed E-state index contributed by atoms with van der Waals surface area (Å²) in [6, 6.07) is 21.6. The predicted octanol–water partition coefficient (Wildman–Crippen LogP) is 1.22. The standard InChI is InChI=1S/C24H31N2O.BrH/c1-26(19-22-10-6-3-7-11-22)17-14-24(20-26)27-23-12-15-25(16-13-23)18-21-8-4-2-5-9-21;/h2-12,24H,13-20H2,1H3;1H/q+1;/p-1. The molecule has 0 aliphatic carbocycles. The molecule has 2 aromatic carbocycles. The van der Waals surface area contributed by atoms with Crippen LogP contribution in [-0.4, -0.2) is 48.7 Å². The maximum absolute atomic E-state index is 6.40. The predicted molar refractivity (Wildman–Crippen MR) is 110 cm³/mol. The van der Waals surface area contributed by atoms with Gasteiger partial charge in [-0.1, -0.05) is 60.7 Å². The van der Waals surface area contributed by atoms with Gasteiger partial charge in [0.2, 0.25) is 0 Å². The zero-order valence-electron chi connectivity index (χ0n) is 16.8. The molecule has 1 fully saturated rings. The molecule has 2 aliphatic rings. The van der Waals surface area contributed by atoms with Crippen molar-refractivity contribution in [3.63, 3.8) is 0 Å². The van der Waals surface area contributed by atoms with E-state index in [1.165, 1.54) is 23.4 Å². The summed E-state index contributed by atoms with van der Waals surface area (Å²) in [6.45, 7) is 6.52. The third-order valence-electron chi connectivity index (χ3n) is 5.86. The van der Waals surface area contributed by atoms with Crippen LogP contribution >= 0.6 is 0 Å². The number of rotatable bonds is 6. The van der Waals surface area contributed by atoms with Crippen LogP contribution in [0.1, 0.15) is 24.0 Å². The van der Waals surface area contributed by atoms with Crippen molar-refractivity contribution in [1.82, 2.24) is 4.90 Å². The Bertz CT molecular complexity index is 765. The second-order valence-corrected chi connectivity index (χ2v) is 8.34. The second kappa shape index (κ2) is 9.73.